The molecule has 0 radical (unpaired) electrons. The van der Waals surface area contributed by atoms with Gasteiger partial charge in [-0.1, -0.05) is 54.2 Å². The zero-order valence-electron chi connectivity index (χ0n) is 11.4. The second-order valence-corrected chi connectivity index (χ2v) is 5.78. The molecular formula is C16H21BrO2. The summed E-state index contributed by atoms with van der Waals surface area (Å²) in [6, 6.07) is 7.37. The summed E-state index contributed by atoms with van der Waals surface area (Å²) < 4.78 is 0.967. The van der Waals surface area contributed by atoms with Crippen molar-refractivity contribution in [2.45, 2.75) is 45.4 Å². The summed E-state index contributed by atoms with van der Waals surface area (Å²) >= 11 is 3.35. The summed E-state index contributed by atoms with van der Waals surface area (Å²) in [7, 11) is 0. The Labute approximate surface area is 123 Å². The number of Topliss-reactive ketones (excluding diaryl/α,β-unsaturated/α-hetero) is 1. The number of carbonyl (C=O) groups excluding carboxylic acids is 2. The average Bonchev–Trinajstić information content (AvgIpc) is 2.43. The zero-order chi connectivity index (χ0) is 14.1. The van der Waals surface area contributed by atoms with Crippen molar-refractivity contribution >= 4 is 28.0 Å². The van der Waals surface area contributed by atoms with Crippen LogP contribution < -0.4 is 0 Å². The molecule has 3 heteroatoms. The maximum atomic E-state index is 12.0. The number of benzene rings is 1. The zero-order valence-corrected chi connectivity index (χ0v) is 13.0. The first-order valence-electron chi connectivity index (χ1n) is 6.91. The summed E-state index contributed by atoms with van der Waals surface area (Å²) in [6.45, 7) is 2.15. The van der Waals surface area contributed by atoms with Gasteiger partial charge in [-0.05, 0) is 25.0 Å². The highest BCUT2D eigenvalue weighted by atomic mass is 79.9. The lowest BCUT2D eigenvalue weighted by molar-refractivity contribution is -0.111. The van der Waals surface area contributed by atoms with Crippen molar-refractivity contribution in [3.63, 3.8) is 0 Å². The molecule has 0 aliphatic carbocycles. The largest absolute Gasteiger partial charge is 0.303 e. The first-order valence-corrected chi connectivity index (χ1v) is 7.70. The van der Waals surface area contributed by atoms with Crippen LogP contribution >= 0.6 is 15.9 Å². The van der Waals surface area contributed by atoms with E-state index in [2.05, 4.69) is 22.9 Å². The lowest BCUT2D eigenvalue weighted by Crippen LogP contribution is -2.07. The quantitative estimate of drug-likeness (QED) is 0.371. The highest BCUT2D eigenvalue weighted by molar-refractivity contribution is 9.10. The van der Waals surface area contributed by atoms with Gasteiger partial charge in [-0.3, -0.25) is 4.79 Å². The maximum Gasteiger partial charge on any atom is 0.162 e. The molecule has 1 aromatic rings. The Hall–Kier alpha value is -0.960. The van der Waals surface area contributed by atoms with Crippen molar-refractivity contribution in [2.24, 2.45) is 5.92 Å². The summed E-state index contributed by atoms with van der Waals surface area (Å²) in [5.41, 5.74) is 0.724. The number of ketones is 1. The minimum Gasteiger partial charge on any atom is -0.303 e. The molecule has 0 aliphatic rings. The summed E-state index contributed by atoms with van der Waals surface area (Å²) in [4.78, 5) is 23.0. The number of halogens is 1. The monoisotopic (exact) mass is 324 g/mol. The van der Waals surface area contributed by atoms with Gasteiger partial charge in [0.25, 0.3) is 0 Å². The number of aldehydes is 1. The van der Waals surface area contributed by atoms with E-state index in [1.165, 1.54) is 0 Å². The van der Waals surface area contributed by atoms with Gasteiger partial charge >= 0.3 is 0 Å². The number of unbranched alkanes of at least 4 members (excludes halogenated alkanes) is 2. The molecule has 0 spiro atoms. The third-order valence-electron chi connectivity index (χ3n) is 3.28. The third kappa shape index (κ3) is 6.15. The predicted octanol–water partition coefficient (Wildman–Crippen LogP) is 4.81. The number of carbonyl (C=O) groups is 2. The minimum atomic E-state index is 0.0333. The van der Waals surface area contributed by atoms with Gasteiger partial charge in [0.1, 0.15) is 6.29 Å². The first-order chi connectivity index (χ1) is 9.17. The van der Waals surface area contributed by atoms with Crippen LogP contribution in [0.1, 0.15) is 55.8 Å². The highest BCUT2D eigenvalue weighted by Crippen LogP contribution is 2.17. The van der Waals surface area contributed by atoms with Gasteiger partial charge in [-0.2, -0.15) is 0 Å². The third-order valence-corrected chi connectivity index (χ3v) is 3.81. The van der Waals surface area contributed by atoms with Gasteiger partial charge in [-0.15, -0.1) is 0 Å². The number of hydrogen-bond donors (Lipinski definition) is 0. The second kappa shape index (κ2) is 9.03. The SMILES string of the molecule is CCCCC[C@@H](C=O)CCC(=O)c1ccc(Br)cc1. The molecule has 104 valence electrons. The Bertz CT molecular complexity index is 398. The van der Waals surface area contributed by atoms with Gasteiger partial charge in [0.05, 0.1) is 0 Å². The highest BCUT2D eigenvalue weighted by Gasteiger charge is 2.11. The average molecular weight is 325 g/mol. The molecule has 0 saturated carbocycles. The van der Waals surface area contributed by atoms with Gasteiger partial charge in [-0.25, -0.2) is 0 Å². The lowest BCUT2D eigenvalue weighted by atomic mass is 9.95. The smallest absolute Gasteiger partial charge is 0.162 e. The van der Waals surface area contributed by atoms with E-state index in [9.17, 15) is 9.59 Å². The molecule has 1 aromatic carbocycles. The molecule has 1 rings (SSSR count). The molecule has 0 N–H and O–H groups in total. The van der Waals surface area contributed by atoms with Crippen LogP contribution in [0.2, 0.25) is 0 Å². The molecule has 0 aliphatic heterocycles. The Balaban J connectivity index is 2.39. The number of hydrogen-bond acceptors (Lipinski definition) is 2. The van der Waals surface area contributed by atoms with Crippen molar-refractivity contribution in [1.29, 1.82) is 0 Å². The van der Waals surface area contributed by atoms with Crippen molar-refractivity contribution in [2.75, 3.05) is 0 Å². The van der Waals surface area contributed by atoms with E-state index in [0.717, 1.165) is 42.0 Å². The van der Waals surface area contributed by atoms with E-state index < -0.39 is 0 Å². The predicted molar refractivity (Wildman–Crippen MR) is 81.4 cm³/mol. The van der Waals surface area contributed by atoms with E-state index >= 15 is 0 Å². The summed E-state index contributed by atoms with van der Waals surface area (Å²) in [5.74, 6) is 0.154. The van der Waals surface area contributed by atoms with Crippen LogP contribution in [-0.4, -0.2) is 12.1 Å². The second-order valence-electron chi connectivity index (χ2n) is 4.86. The van der Waals surface area contributed by atoms with Crippen molar-refractivity contribution in [3.8, 4) is 0 Å². The maximum absolute atomic E-state index is 12.0. The van der Waals surface area contributed by atoms with E-state index in [0.29, 0.717) is 12.8 Å². The fourth-order valence-electron chi connectivity index (χ4n) is 2.03. The van der Waals surface area contributed by atoms with Crippen LogP contribution in [0.15, 0.2) is 28.7 Å². The van der Waals surface area contributed by atoms with Crippen LogP contribution in [0.3, 0.4) is 0 Å². The molecular weight excluding hydrogens is 304 g/mol. The fraction of sp³-hybridized carbons (Fsp3) is 0.500. The lowest BCUT2D eigenvalue weighted by Gasteiger charge is -2.09. The van der Waals surface area contributed by atoms with Crippen LogP contribution in [0.5, 0.6) is 0 Å². The van der Waals surface area contributed by atoms with E-state index in [-0.39, 0.29) is 11.7 Å². The van der Waals surface area contributed by atoms with Crippen LogP contribution in [0, 0.1) is 5.92 Å². The van der Waals surface area contributed by atoms with Crippen LogP contribution in [-0.2, 0) is 4.79 Å². The molecule has 0 heterocycles. The van der Waals surface area contributed by atoms with Crippen LogP contribution in [0.4, 0.5) is 0 Å². The molecule has 19 heavy (non-hydrogen) atoms. The van der Waals surface area contributed by atoms with Gasteiger partial charge in [0, 0.05) is 22.4 Å². The van der Waals surface area contributed by atoms with Gasteiger partial charge < -0.3 is 4.79 Å². The normalized spacial score (nSPS) is 12.1. The van der Waals surface area contributed by atoms with E-state index in [1.54, 1.807) is 0 Å². The van der Waals surface area contributed by atoms with Crippen molar-refractivity contribution in [1.82, 2.24) is 0 Å². The molecule has 2 nitrogen and oxygen atoms in total. The topological polar surface area (TPSA) is 34.1 Å². The Morgan fingerprint density at radius 3 is 2.47 bits per heavy atom. The summed E-state index contributed by atoms with van der Waals surface area (Å²) in [5, 5.41) is 0. The molecule has 0 aromatic heterocycles. The van der Waals surface area contributed by atoms with E-state index in [1.807, 2.05) is 24.3 Å². The van der Waals surface area contributed by atoms with Gasteiger partial charge in [0.15, 0.2) is 5.78 Å². The molecule has 0 amide bonds. The van der Waals surface area contributed by atoms with E-state index in [4.69, 9.17) is 0 Å². The minimum absolute atomic E-state index is 0.0333. The van der Waals surface area contributed by atoms with Crippen LogP contribution in [0.25, 0.3) is 0 Å². The van der Waals surface area contributed by atoms with Gasteiger partial charge in [0.2, 0.25) is 0 Å². The number of rotatable bonds is 9. The van der Waals surface area contributed by atoms with Crippen molar-refractivity contribution < 1.29 is 9.59 Å². The fourth-order valence-corrected chi connectivity index (χ4v) is 2.30. The molecule has 0 bridgehead atoms. The Morgan fingerprint density at radius 2 is 1.89 bits per heavy atom. The van der Waals surface area contributed by atoms with Crippen molar-refractivity contribution in [3.05, 3.63) is 34.3 Å². The standard InChI is InChI=1S/C16H21BrO2/c1-2-3-4-5-13(12-18)6-11-16(19)14-7-9-15(17)10-8-14/h7-10,12-13H,2-6,11H2,1H3/t13-/m1/s1. The Kier molecular flexibility index (Phi) is 7.65. The summed E-state index contributed by atoms with van der Waals surface area (Å²) in [6.07, 6.45) is 6.43. The first kappa shape index (κ1) is 16.1. The Morgan fingerprint density at radius 1 is 1.21 bits per heavy atom. The molecule has 1 atom stereocenters. The molecule has 0 unspecified atom stereocenters. The molecule has 0 fully saturated rings. The molecule has 0 saturated heterocycles.